The molecule has 0 aliphatic carbocycles. The van der Waals surface area contributed by atoms with Crippen LogP contribution in [0.4, 0.5) is 11.5 Å². The third-order valence-electron chi connectivity index (χ3n) is 2.83. The van der Waals surface area contributed by atoms with Gasteiger partial charge >= 0.3 is 0 Å². The van der Waals surface area contributed by atoms with E-state index in [1.807, 2.05) is 6.92 Å². The van der Waals surface area contributed by atoms with E-state index >= 15 is 0 Å². The fraction of sp³-hybridized carbons (Fsp3) is 0.417. The van der Waals surface area contributed by atoms with Crippen molar-refractivity contribution in [1.82, 2.24) is 4.98 Å². The summed E-state index contributed by atoms with van der Waals surface area (Å²) in [5.74, 6) is 0.143. The minimum Gasteiger partial charge on any atom is -0.397 e. The fourth-order valence-electron chi connectivity index (χ4n) is 2.05. The number of aromatic nitrogens is 1. The van der Waals surface area contributed by atoms with Gasteiger partial charge in [0.15, 0.2) is 0 Å². The van der Waals surface area contributed by atoms with Crippen molar-refractivity contribution < 1.29 is 9.59 Å². The fourth-order valence-corrected chi connectivity index (χ4v) is 2.05. The first-order valence-corrected chi connectivity index (χ1v) is 5.57. The summed E-state index contributed by atoms with van der Waals surface area (Å²) < 4.78 is 0. The number of carbonyl (C=O) groups is 2. The molecule has 0 saturated carbocycles. The Kier molecular flexibility index (Phi) is 2.83. The van der Waals surface area contributed by atoms with Crippen molar-refractivity contribution in [3.05, 3.63) is 17.8 Å². The first-order valence-electron chi connectivity index (χ1n) is 5.57. The number of rotatable bonds is 1. The number of hydrogen-bond donors (Lipinski definition) is 1. The van der Waals surface area contributed by atoms with Crippen molar-refractivity contribution in [1.29, 1.82) is 0 Å². The molecule has 17 heavy (non-hydrogen) atoms. The molecule has 1 aliphatic heterocycles. The number of amides is 2. The van der Waals surface area contributed by atoms with Crippen LogP contribution >= 0.6 is 0 Å². The second kappa shape index (κ2) is 4.16. The Hall–Kier alpha value is -1.91. The van der Waals surface area contributed by atoms with E-state index in [0.29, 0.717) is 24.3 Å². The standard InChI is InChI=1S/C12H15N3O2/c1-7-3-10(16)15(11(17)4-7)12-8(2)5-9(13)6-14-12/h5-7H,3-4,13H2,1-2H3. The van der Waals surface area contributed by atoms with Crippen molar-refractivity contribution in [2.75, 3.05) is 10.6 Å². The highest BCUT2D eigenvalue weighted by molar-refractivity contribution is 6.16. The van der Waals surface area contributed by atoms with Gasteiger partial charge in [-0.05, 0) is 24.5 Å². The van der Waals surface area contributed by atoms with Crippen molar-refractivity contribution >= 4 is 23.3 Å². The lowest BCUT2D eigenvalue weighted by atomic mass is 9.97. The number of imide groups is 1. The number of hydrogen-bond acceptors (Lipinski definition) is 4. The average molecular weight is 233 g/mol. The molecule has 5 nitrogen and oxygen atoms in total. The minimum atomic E-state index is -0.186. The number of nitrogens with zero attached hydrogens (tertiary/aromatic N) is 2. The molecule has 1 aliphatic rings. The SMILES string of the molecule is Cc1cc(N)cnc1N1C(=O)CC(C)CC1=O. The number of pyridine rings is 1. The molecular formula is C12H15N3O2. The maximum atomic E-state index is 11.9. The first kappa shape index (κ1) is 11.6. The van der Waals surface area contributed by atoms with Crippen LogP contribution in [0.1, 0.15) is 25.3 Å². The van der Waals surface area contributed by atoms with E-state index in [9.17, 15) is 9.59 Å². The molecule has 0 aromatic carbocycles. The van der Waals surface area contributed by atoms with Crippen molar-refractivity contribution in [2.24, 2.45) is 5.92 Å². The Balaban J connectivity index is 2.38. The van der Waals surface area contributed by atoms with Crippen LogP contribution in [-0.2, 0) is 9.59 Å². The number of piperidine rings is 1. The van der Waals surface area contributed by atoms with Gasteiger partial charge in [0.05, 0.1) is 11.9 Å². The quantitative estimate of drug-likeness (QED) is 0.741. The van der Waals surface area contributed by atoms with Gasteiger partial charge in [-0.3, -0.25) is 9.59 Å². The lowest BCUT2D eigenvalue weighted by Gasteiger charge is -2.28. The summed E-state index contributed by atoms with van der Waals surface area (Å²) in [6, 6.07) is 1.71. The summed E-state index contributed by atoms with van der Waals surface area (Å²) in [5, 5.41) is 0. The number of nitrogens with two attached hydrogens (primary N) is 1. The monoisotopic (exact) mass is 233 g/mol. The van der Waals surface area contributed by atoms with Crippen LogP contribution in [0.3, 0.4) is 0 Å². The topological polar surface area (TPSA) is 76.3 Å². The molecule has 1 fully saturated rings. The van der Waals surface area contributed by atoms with Crippen molar-refractivity contribution in [3.63, 3.8) is 0 Å². The predicted molar refractivity (Wildman–Crippen MR) is 64.3 cm³/mol. The number of nitrogen functional groups attached to an aromatic ring is 1. The van der Waals surface area contributed by atoms with Crippen LogP contribution < -0.4 is 10.6 Å². The lowest BCUT2D eigenvalue weighted by molar-refractivity contribution is -0.130. The highest BCUT2D eigenvalue weighted by Gasteiger charge is 2.32. The van der Waals surface area contributed by atoms with Gasteiger partial charge in [-0.25, -0.2) is 9.88 Å². The zero-order valence-corrected chi connectivity index (χ0v) is 9.93. The molecule has 2 rings (SSSR count). The number of anilines is 2. The molecule has 0 atom stereocenters. The zero-order valence-electron chi connectivity index (χ0n) is 9.93. The summed E-state index contributed by atoms with van der Waals surface area (Å²) in [5.41, 5.74) is 6.86. The number of aryl methyl sites for hydroxylation is 1. The summed E-state index contributed by atoms with van der Waals surface area (Å²) in [6.07, 6.45) is 2.23. The van der Waals surface area contributed by atoms with E-state index in [4.69, 9.17) is 5.73 Å². The normalized spacial score (nSPS) is 17.6. The summed E-state index contributed by atoms with van der Waals surface area (Å²) >= 11 is 0. The molecule has 2 amide bonds. The average Bonchev–Trinajstić information content (AvgIpc) is 2.19. The van der Waals surface area contributed by atoms with E-state index in [1.54, 1.807) is 13.0 Å². The molecule has 0 radical (unpaired) electrons. The third-order valence-corrected chi connectivity index (χ3v) is 2.83. The van der Waals surface area contributed by atoms with Crippen LogP contribution in [-0.4, -0.2) is 16.8 Å². The molecule has 0 bridgehead atoms. The van der Waals surface area contributed by atoms with E-state index in [2.05, 4.69) is 4.98 Å². The first-order chi connectivity index (χ1) is 7.99. The van der Waals surface area contributed by atoms with Crippen LogP contribution in [0.25, 0.3) is 0 Å². The van der Waals surface area contributed by atoms with Crippen molar-refractivity contribution in [2.45, 2.75) is 26.7 Å². The van der Waals surface area contributed by atoms with E-state index in [1.165, 1.54) is 11.1 Å². The van der Waals surface area contributed by atoms with Gasteiger partial charge in [0.25, 0.3) is 0 Å². The zero-order chi connectivity index (χ0) is 12.6. The van der Waals surface area contributed by atoms with E-state index < -0.39 is 0 Å². The Morgan fingerprint density at radius 3 is 2.47 bits per heavy atom. The minimum absolute atomic E-state index is 0.111. The van der Waals surface area contributed by atoms with Gasteiger partial charge < -0.3 is 5.73 Å². The molecule has 0 spiro atoms. The summed E-state index contributed by atoms with van der Waals surface area (Å²) in [4.78, 5) is 29.0. The van der Waals surface area contributed by atoms with Crippen molar-refractivity contribution in [3.8, 4) is 0 Å². The van der Waals surface area contributed by atoms with Gasteiger partial charge in [-0.2, -0.15) is 0 Å². The van der Waals surface area contributed by atoms with Gasteiger partial charge in [-0.15, -0.1) is 0 Å². The second-order valence-electron chi connectivity index (χ2n) is 4.55. The van der Waals surface area contributed by atoms with E-state index in [0.717, 1.165) is 5.56 Å². The van der Waals surface area contributed by atoms with Gasteiger partial charge in [0.1, 0.15) is 5.82 Å². The molecule has 0 unspecified atom stereocenters. The highest BCUT2D eigenvalue weighted by Crippen LogP contribution is 2.26. The van der Waals surface area contributed by atoms with Crippen LogP contribution in [0, 0.1) is 12.8 Å². The largest absolute Gasteiger partial charge is 0.397 e. The Morgan fingerprint density at radius 1 is 1.35 bits per heavy atom. The Bertz CT molecular complexity index is 467. The molecule has 1 aromatic rings. The maximum Gasteiger partial charge on any atom is 0.235 e. The predicted octanol–water partition coefficient (Wildman–Crippen LogP) is 1.26. The number of carbonyl (C=O) groups excluding carboxylic acids is 2. The molecule has 2 heterocycles. The molecule has 90 valence electrons. The molecule has 2 N–H and O–H groups in total. The summed E-state index contributed by atoms with van der Waals surface area (Å²) in [7, 11) is 0. The van der Waals surface area contributed by atoms with Crippen LogP contribution in [0.5, 0.6) is 0 Å². The molecule has 1 aromatic heterocycles. The van der Waals surface area contributed by atoms with Gasteiger partial charge in [0, 0.05) is 12.8 Å². The maximum absolute atomic E-state index is 11.9. The third kappa shape index (κ3) is 2.13. The lowest BCUT2D eigenvalue weighted by Crippen LogP contribution is -2.43. The van der Waals surface area contributed by atoms with Crippen LogP contribution in [0.15, 0.2) is 12.3 Å². The molecule has 5 heteroatoms. The van der Waals surface area contributed by atoms with E-state index in [-0.39, 0.29) is 17.7 Å². The van der Waals surface area contributed by atoms with Crippen LogP contribution in [0.2, 0.25) is 0 Å². The van der Waals surface area contributed by atoms with Gasteiger partial charge in [0.2, 0.25) is 11.8 Å². The second-order valence-corrected chi connectivity index (χ2v) is 4.55. The smallest absolute Gasteiger partial charge is 0.235 e. The molecular weight excluding hydrogens is 218 g/mol. The highest BCUT2D eigenvalue weighted by atomic mass is 16.2. The molecule has 1 saturated heterocycles. The Morgan fingerprint density at radius 2 is 1.94 bits per heavy atom. The summed E-state index contributed by atoms with van der Waals surface area (Å²) in [6.45, 7) is 3.69. The van der Waals surface area contributed by atoms with Gasteiger partial charge in [-0.1, -0.05) is 6.92 Å². The Labute approximate surface area is 99.6 Å².